The number of aliphatic hydroxyl groups is 2. The van der Waals surface area contributed by atoms with Gasteiger partial charge in [0.15, 0.2) is 18.5 Å². The van der Waals surface area contributed by atoms with Gasteiger partial charge in [-0.25, -0.2) is 9.59 Å². The van der Waals surface area contributed by atoms with E-state index in [0.717, 1.165) is 5.56 Å². The Morgan fingerprint density at radius 3 is 1.71 bits per heavy atom. The van der Waals surface area contributed by atoms with Crippen LogP contribution in [-0.4, -0.2) is 59.5 Å². The van der Waals surface area contributed by atoms with E-state index in [0.29, 0.717) is 0 Å². The number of esters is 2. The van der Waals surface area contributed by atoms with E-state index in [9.17, 15) is 19.8 Å². The molecule has 8 heteroatoms. The lowest BCUT2D eigenvalue weighted by atomic mass is 9.98. The van der Waals surface area contributed by atoms with Crippen molar-refractivity contribution in [1.82, 2.24) is 0 Å². The number of aliphatic hydroxyl groups excluding tert-OH is 2. The molecule has 3 aromatic carbocycles. The van der Waals surface area contributed by atoms with Gasteiger partial charge in [0.25, 0.3) is 0 Å². The molecule has 182 valence electrons. The summed E-state index contributed by atoms with van der Waals surface area (Å²) >= 11 is 0. The number of benzene rings is 3. The molecule has 0 radical (unpaired) electrons. The molecule has 1 fully saturated rings. The molecule has 0 saturated carbocycles. The molecule has 5 unspecified atom stereocenters. The van der Waals surface area contributed by atoms with Crippen molar-refractivity contribution in [3.8, 4) is 0 Å². The van der Waals surface area contributed by atoms with Gasteiger partial charge in [0.1, 0.15) is 12.2 Å². The van der Waals surface area contributed by atoms with Gasteiger partial charge in [-0.15, -0.1) is 0 Å². The van der Waals surface area contributed by atoms with E-state index < -0.39 is 49.3 Å². The quantitative estimate of drug-likeness (QED) is 0.476. The van der Waals surface area contributed by atoms with Crippen LogP contribution in [-0.2, 0) is 25.6 Å². The fourth-order valence-corrected chi connectivity index (χ4v) is 3.79. The van der Waals surface area contributed by atoms with Gasteiger partial charge in [0.2, 0.25) is 0 Å². The number of rotatable bonds is 8. The summed E-state index contributed by atoms with van der Waals surface area (Å²) in [6.45, 7) is -0.511. The van der Waals surface area contributed by atoms with Crippen LogP contribution >= 0.6 is 0 Å². The maximum atomic E-state index is 12.9. The predicted octanol–water partition coefficient (Wildman–Crippen LogP) is 2.73. The van der Waals surface area contributed by atoms with Crippen molar-refractivity contribution >= 4 is 11.9 Å². The standard InChI is InChI=1S/C27H26O8/c28-16-21-22(34-25(29)19-12-6-2-7-13-19)23(35-26(30)20-14-8-3-9-15-20)24(27(31)33-21)32-17-18-10-4-1-5-11-18/h1-15,21-24,27-28,31H,16-17H2. The van der Waals surface area contributed by atoms with E-state index in [1.807, 2.05) is 30.3 Å². The second-order valence-corrected chi connectivity index (χ2v) is 7.98. The van der Waals surface area contributed by atoms with Crippen LogP contribution in [0.25, 0.3) is 0 Å². The molecule has 0 bridgehead atoms. The lowest BCUT2D eigenvalue weighted by molar-refractivity contribution is -0.296. The minimum absolute atomic E-state index is 0.0778. The Bertz CT molecular complexity index is 1090. The number of carbonyl (C=O) groups excluding carboxylic acids is 2. The van der Waals surface area contributed by atoms with Crippen molar-refractivity contribution in [3.63, 3.8) is 0 Å². The van der Waals surface area contributed by atoms with Crippen LogP contribution in [0, 0.1) is 0 Å². The van der Waals surface area contributed by atoms with Crippen LogP contribution in [0.2, 0.25) is 0 Å². The maximum absolute atomic E-state index is 12.9. The van der Waals surface area contributed by atoms with Crippen LogP contribution in [0.1, 0.15) is 26.3 Å². The summed E-state index contributed by atoms with van der Waals surface area (Å²) in [5.41, 5.74) is 1.35. The third kappa shape index (κ3) is 6.12. The molecule has 1 saturated heterocycles. The summed E-state index contributed by atoms with van der Waals surface area (Å²) in [4.78, 5) is 25.8. The van der Waals surface area contributed by atoms with Gasteiger partial charge in [-0.05, 0) is 29.8 Å². The summed E-state index contributed by atoms with van der Waals surface area (Å²) < 4.78 is 22.8. The Morgan fingerprint density at radius 1 is 0.714 bits per heavy atom. The molecule has 35 heavy (non-hydrogen) atoms. The maximum Gasteiger partial charge on any atom is 0.338 e. The van der Waals surface area contributed by atoms with Crippen molar-refractivity contribution in [2.24, 2.45) is 0 Å². The molecule has 4 rings (SSSR count). The van der Waals surface area contributed by atoms with Crippen LogP contribution in [0.4, 0.5) is 0 Å². The average molecular weight is 478 g/mol. The van der Waals surface area contributed by atoms with E-state index in [1.54, 1.807) is 60.7 Å². The first-order valence-corrected chi connectivity index (χ1v) is 11.2. The summed E-state index contributed by atoms with van der Waals surface area (Å²) in [5.74, 6) is -1.40. The van der Waals surface area contributed by atoms with Gasteiger partial charge in [-0.3, -0.25) is 0 Å². The Balaban J connectivity index is 1.62. The van der Waals surface area contributed by atoms with E-state index in [2.05, 4.69) is 0 Å². The highest BCUT2D eigenvalue weighted by Gasteiger charge is 2.50. The number of ether oxygens (including phenoxy) is 4. The van der Waals surface area contributed by atoms with Gasteiger partial charge in [-0.2, -0.15) is 0 Å². The summed E-state index contributed by atoms with van der Waals surface area (Å²) in [5, 5.41) is 20.6. The average Bonchev–Trinajstić information content (AvgIpc) is 2.91. The molecule has 1 aliphatic rings. The van der Waals surface area contributed by atoms with E-state index in [-0.39, 0.29) is 17.7 Å². The fraction of sp³-hybridized carbons (Fsp3) is 0.259. The van der Waals surface area contributed by atoms with E-state index in [4.69, 9.17) is 18.9 Å². The van der Waals surface area contributed by atoms with Crippen LogP contribution < -0.4 is 0 Å². The van der Waals surface area contributed by atoms with Crippen LogP contribution in [0.15, 0.2) is 91.0 Å². The van der Waals surface area contributed by atoms with E-state index >= 15 is 0 Å². The van der Waals surface area contributed by atoms with Crippen LogP contribution in [0.3, 0.4) is 0 Å². The van der Waals surface area contributed by atoms with Gasteiger partial charge in [0.05, 0.1) is 24.3 Å². The van der Waals surface area contributed by atoms with Gasteiger partial charge >= 0.3 is 11.9 Å². The molecule has 0 amide bonds. The van der Waals surface area contributed by atoms with Gasteiger partial charge in [-0.1, -0.05) is 66.7 Å². The van der Waals surface area contributed by atoms with Crippen molar-refractivity contribution in [1.29, 1.82) is 0 Å². The molecule has 0 spiro atoms. The largest absolute Gasteiger partial charge is 0.452 e. The molecule has 3 aromatic rings. The zero-order valence-corrected chi connectivity index (χ0v) is 18.8. The first kappa shape index (κ1) is 24.6. The molecular weight excluding hydrogens is 452 g/mol. The number of hydrogen-bond donors (Lipinski definition) is 2. The molecule has 0 aliphatic carbocycles. The summed E-state index contributed by atoms with van der Waals surface area (Å²) in [6.07, 6.45) is -6.40. The molecule has 1 aliphatic heterocycles. The highest BCUT2D eigenvalue weighted by Crippen LogP contribution is 2.29. The minimum atomic E-state index is -1.55. The van der Waals surface area contributed by atoms with Crippen molar-refractivity contribution in [2.75, 3.05) is 6.61 Å². The van der Waals surface area contributed by atoms with Gasteiger partial charge in [0, 0.05) is 0 Å². The predicted molar refractivity (Wildman–Crippen MR) is 124 cm³/mol. The smallest absolute Gasteiger partial charge is 0.338 e. The third-order valence-electron chi connectivity index (χ3n) is 5.58. The Morgan fingerprint density at radius 2 is 1.20 bits per heavy atom. The Labute approximate surface area is 202 Å². The van der Waals surface area contributed by atoms with Gasteiger partial charge < -0.3 is 29.2 Å². The normalized spacial score (nSPS) is 23.9. The summed E-state index contributed by atoms with van der Waals surface area (Å²) in [7, 11) is 0. The molecule has 1 heterocycles. The monoisotopic (exact) mass is 478 g/mol. The number of carbonyl (C=O) groups is 2. The summed E-state index contributed by atoms with van der Waals surface area (Å²) in [6, 6.07) is 25.7. The van der Waals surface area contributed by atoms with Crippen LogP contribution in [0.5, 0.6) is 0 Å². The third-order valence-corrected chi connectivity index (χ3v) is 5.58. The highest BCUT2D eigenvalue weighted by molar-refractivity contribution is 5.90. The zero-order chi connectivity index (χ0) is 24.6. The fourth-order valence-electron chi connectivity index (χ4n) is 3.79. The molecule has 2 N–H and O–H groups in total. The highest BCUT2D eigenvalue weighted by atomic mass is 16.7. The van der Waals surface area contributed by atoms with Crippen molar-refractivity contribution in [3.05, 3.63) is 108 Å². The first-order chi connectivity index (χ1) is 17.1. The van der Waals surface area contributed by atoms with Crippen molar-refractivity contribution < 1.29 is 38.7 Å². The topological polar surface area (TPSA) is 112 Å². The second kappa shape index (κ2) is 11.7. The minimum Gasteiger partial charge on any atom is -0.452 e. The molecule has 0 aromatic heterocycles. The lowest BCUT2D eigenvalue weighted by Gasteiger charge is -2.43. The lowest BCUT2D eigenvalue weighted by Crippen LogP contribution is -2.62. The first-order valence-electron chi connectivity index (χ1n) is 11.2. The SMILES string of the molecule is O=C(OC1C(CO)OC(O)C(OCc2ccccc2)C1OC(=O)c1ccccc1)c1ccccc1. The molecule has 8 nitrogen and oxygen atoms in total. The molecular formula is C27H26O8. The van der Waals surface area contributed by atoms with Crippen molar-refractivity contribution in [2.45, 2.75) is 37.3 Å². The second-order valence-electron chi connectivity index (χ2n) is 7.98. The zero-order valence-electron chi connectivity index (χ0n) is 18.8. The Kier molecular flexibility index (Phi) is 8.23. The Hall–Kier alpha value is -3.56. The molecule has 5 atom stereocenters. The number of hydrogen-bond acceptors (Lipinski definition) is 8. The van der Waals surface area contributed by atoms with E-state index in [1.165, 1.54) is 0 Å².